The van der Waals surface area contributed by atoms with Crippen molar-refractivity contribution in [2.75, 3.05) is 37.6 Å². The number of halogens is 1. The van der Waals surface area contributed by atoms with Crippen LogP contribution >= 0.6 is 11.5 Å². The van der Waals surface area contributed by atoms with Crippen LogP contribution in [0.2, 0.25) is 0 Å². The molecule has 1 fully saturated rings. The number of fused-ring (bicyclic) bond motifs is 1. The molecule has 7 nitrogen and oxygen atoms in total. The lowest BCUT2D eigenvalue weighted by Crippen LogP contribution is -2.49. The average molecular weight is 389 g/mol. The molecule has 1 unspecified atom stereocenters. The summed E-state index contributed by atoms with van der Waals surface area (Å²) < 4.78 is 15.5. The molecule has 0 radical (unpaired) electrons. The Morgan fingerprint density at radius 2 is 1.81 bits per heavy atom. The smallest absolute Gasteiger partial charge is 0.268 e. The maximum atomic E-state index is 12.9. The topological polar surface area (TPSA) is 74.5 Å². The van der Waals surface area contributed by atoms with E-state index in [2.05, 4.69) is 14.9 Å². The van der Waals surface area contributed by atoms with Gasteiger partial charge in [-0.05, 0) is 12.1 Å². The van der Waals surface area contributed by atoms with E-state index in [1.54, 1.807) is 3.96 Å². The molecule has 1 aliphatic heterocycles. The van der Waals surface area contributed by atoms with E-state index < -0.39 is 11.9 Å². The largest absolute Gasteiger partial charge is 0.390 e. The predicted octanol–water partition coefficient (Wildman–Crippen LogP) is 1.18. The third kappa shape index (κ3) is 4.00. The molecule has 2 aromatic heterocycles. The molecular weight excluding hydrogens is 369 g/mol. The van der Waals surface area contributed by atoms with Crippen LogP contribution in [0.25, 0.3) is 10.1 Å². The van der Waals surface area contributed by atoms with E-state index in [1.807, 2.05) is 29.2 Å². The van der Waals surface area contributed by atoms with Gasteiger partial charge < -0.3 is 10.0 Å². The quantitative estimate of drug-likeness (QED) is 0.706. The number of β-amino-alcohol motifs (C(OH)–C–C–N with tert-alkyl or cyclic N) is 1. The Morgan fingerprint density at radius 3 is 2.52 bits per heavy atom. The maximum absolute atomic E-state index is 12.9. The van der Waals surface area contributed by atoms with Crippen molar-refractivity contribution >= 4 is 27.6 Å². The van der Waals surface area contributed by atoms with Crippen LogP contribution in [-0.4, -0.2) is 62.8 Å². The zero-order valence-corrected chi connectivity index (χ0v) is 15.5. The zero-order valence-electron chi connectivity index (χ0n) is 14.7. The average Bonchev–Trinajstić information content (AvgIpc) is 2.99. The standard InChI is InChI=1S/C18H20FN5O2S/c19-13-9-20-18(21-10-13)23-7-5-22(6-8-23)11-14(25)12-24-17(26)15-3-1-2-4-16(15)27-24/h1-4,9-10,14,25H,5-8,11-12H2. The van der Waals surface area contributed by atoms with Gasteiger partial charge in [-0.3, -0.25) is 13.7 Å². The third-order valence-electron chi connectivity index (χ3n) is 4.66. The molecule has 27 heavy (non-hydrogen) atoms. The first-order valence-electron chi connectivity index (χ1n) is 8.82. The van der Waals surface area contributed by atoms with Gasteiger partial charge in [-0.15, -0.1) is 0 Å². The van der Waals surface area contributed by atoms with Gasteiger partial charge >= 0.3 is 0 Å². The molecule has 1 aliphatic rings. The zero-order chi connectivity index (χ0) is 18.8. The Hall–Kier alpha value is -2.36. The molecule has 3 heterocycles. The van der Waals surface area contributed by atoms with Crippen LogP contribution in [0.15, 0.2) is 41.5 Å². The fraction of sp³-hybridized carbons (Fsp3) is 0.389. The normalized spacial score (nSPS) is 16.7. The fourth-order valence-corrected chi connectivity index (χ4v) is 4.34. The minimum absolute atomic E-state index is 0.0482. The van der Waals surface area contributed by atoms with Crippen LogP contribution < -0.4 is 10.5 Å². The summed E-state index contributed by atoms with van der Waals surface area (Å²) in [6, 6.07) is 7.49. The van der Waals surface area contributed by atoms with Crippen LogP contribution in [0, 0.1) is 5.82 Å². The number of rotatable bonds is 5. The van der Waals surface area contributed by atoms with Crippen molar-refractivity contribution in [3.8, 4) is 0 Å². The second-order valence-corrected chi connectivity index (χ2v) is 7.66. The van der Waals surface area contributed by atoms with Gasteiger partial charge in [0.05, 0.1) is 35.1 Å². The number of aliphatic hydroxyl groups excluding tert-OH is 1. The lowest BCUT2D eigenvalue weighted by molar-refractivity contribution is 0.0966. The van der Waals surface area contributed by atoms with Crippen LogP contribution in [0.5, 0.6) is 0 Å². The number of anilines is 1. The molecule has 9 heteroatoms. The highest BCUT2D eigenvalue weighted by Gasteiger charge is 2.21. The minimum Gasteiger partial charge on any atom is -0.390 e. The highest BCUT2D eigenvalue weighted by molar-refractivity contribution is 7.13. The second-order valence-electron chi connectivity index (χ2n) is 6.60. The van der Waals surface area contributed by atoms with Gasteiger partial charge in [-0.1, -0.05) is 23.7 Å². The lowest BCUT2D eigenvalue weighted by atomic mass is 10.2. The van der Waals surface area contributed by atoms with Gasteiger partial charge in [0, 0.05) is 32.7 Å². The van der Waals surface area contributed by atoms with Gasteiger partial charge in [0.1, 0.15) is 0 Å². The van der Waals surface area contributed by atoms with Crippen molar-refractivity contribution in [2.45, 2.75) is 12.6 Å². The number of hydrogen-bond acceptors (Lipinski definition) is 7. The molecule has 3 aromatic rings. The summed E-state index contributed by atoms with van der Waals surface area (Å²) in [4.78, 5) is 24.6. The number of hydrogen-bond donors (Lipinski definition) is 1. The van der Waals surface area contributed by atoms with E-state index in [9.17, 15) is 14.3 Å². The highest BCUT2D eigenvalue weighted by atomic mass is 32.1. The Kier molecular flexibility index (Phi) is 5.15. The van der Waals surface area contributed by atoms with Crippen molar-refractivity contribution in [1.82, 2.24) is 18.8 Å². The molecule has 0 spiro atoms. The summed E-state index contributed by atoms with van der Waals surface area (Å²) in [6.45, 7) is 3.71. The summed E-state index contributed by atoms with van der Waals surface area (Å²) in [5, 5.41) is 11.1. The number of aromatic nitrogens is 3. The maximum Gasteiger partial charge on any atom is 0.268 e. The van der Waals surface area contributed by atoms with Gasteiger partial charge in [0.2, 0.25) is 5.95 Å². The van der Waals surface area contributed by atoms with E-state index in [1.165, 1.54) is 23.9 Å². The molecule has 1 N–H and O–H groups in total. The molecule has 4 rings (SSSR count). The molecular formula is C18H20FN5O2S. The van der Waals surface area contributed by atoms with E-state index in [0.717, 1.165) is 17.8 Å². The Labute approximate surface area is 159 Å². The van der Waals surface area contributed by atoms with Gasteiger partial charge in [0.25, 0.3) is 5.56 Å². The Morgan fingerprint density at radius 1 is 1.11 bits per heavy atom. The first kappa shape index (κ1) is 18.0. The SMILES string of the molecule is O=c1c2ccccc2sn1CC(O)CN1CCN(c2ncc(F)cn2)CC1. The number of benzene rings is 1. The highest BCUT2D eigenvalue weighted by Crippen LogP contribution is 2.16. The van der Waals surface area contributed by atoms with Crippen molar-refractivity contribution in [3.63, 3.8) is 0 Å². The molecule has 0 amide bonds. The van der Waals surface area contributed by atoms with E-state index >= 15 is 0 Å². The molecule has 142 valence electrons. The lowest BCUT2D eigenvalue weighted by Gasteiger charge is -2.35. The van der Waals surface area contributed by atoms with E-state index in [4.69, 9.17) is 0 Å². The fourth-order valence-electron chi connectivity index (χ4n) is 3.28. The van der Waals surface area contributed by atoms with Crippen LogP contribution in [0.3, 0.4) is 0 Å². The Balaban J connectivity index is 1.32. The van der Waals surface area contributed by atoms with Crippen molar-refractivity contribution < 1.29 is 9.50 Å². The van der Waals surface area contributed by atoms with Gasteiger partial charge in [0.15, 0.2) is 5.82 Å². The predicted molar refractivity (Wildman–Crippen MR) is 103 cm³/mol. The number of aliphatic hydroxyl groups is 1. The molecule has 0 bridgehead atoms. The van der Waals surface area contributed by atoms with Crippen LogP contribution in [0.4, 0.5) is 10.3 Å². The second kappa shape index (κ2) is 7.71. The van der Waals surface area contributed by atoms with Crippen LogP contribution in [0.1, 0.15) is 0 Å². The number of piperazine rings is 1. The van der Waals surface area contributed by atoms with E-state index in [-0.39, 0.29) is 5.56 Å². The van der Waals surface area contributed by atoms with Gasteiger partial charge in [-0.2, -0.15) is 0 Å². The van der Waals surface area contributed by atoms with Crippen molar-refractivity contribution in [1.29, 1.82) is 0 Å². The first-order valence-corrected chi connectivity index (χ1v) is 9.59. The number of nitrogens with zero attached hydrogens (tertiary/aromatic N) is 5. The van der Waals surface area contributed by atoms with E-state index in [0.29, 0.717) is 37.5 Å². The summed E-state index contributed by atoms with van der Waals surface area (Å²) in [6.07, 6.45) is 1.71. The van der Waals surface area contributed by atoms with Gasteiger partial charge in [-0.25, -0.2) is 14.4 Å². The van der Waals surface area contributed by atoms with Crippen molar-refractivity contribution in [2.24, 2.45) is 0 Å². The molecule has 0 saturated carbocycles. The monoisotopic (exact) mass is 389 g/mol. The van der Waals surface area contributed by atoms with Crippen LogP contribution in [-0.2, 0) is 6.54 Å². The third-order valence-corrected chi connectivity index (χ3v) is 5.75. The Bertz CT molecular complexity index is 966. The molecule has 0 aliphatic carbocycles. The molecule has 1 saturated heterocycles. The summed E-state index contributed by atoms with van der Waals surface area (Å²) >= 11 is 1.38. The molecule has 1 atom stereocenters. The summed E-state index contributed by atoms with van der Waals surface area (Å²) in [7, 11) is 0. The summed E-state index contributed by atoms with van der Waals surface area (Å²) in [5.74, 6) is 0.0745. The molecule has 1 aromatic carbocycles. The minimum atomic E-state index is -0.621. The summed E-state index contributed by atoms with van der Waals surface area (Å²) in [5.41, 5.74) is -0.0482. The first-order chi connectivity index (χ1) is 13.1. The van der Waals surface area contributed by atoms with Crippen molar-refractivity contribution in [3.05, 3.63) is 52.8 Å².